The Morgan fingerprint density at radius 3 is 2.38 bits per heavy atom. The molecule has 1 aromatic heterocycles. The van der Waals surface area contributed by atoms with Gasteiger partial charge in [-0.1, -0.05) is 12.1 Å². The molecule has 0 bridgehead atoms. The van der Waals surface area contributed by atoms with Crippen molar-refractivity contribution in [1.29, 1.82) is 0 Å². The second-order valence-corrected chi connectivity index (χ2v) is 5.79. The Morgan fingerprint density at radius 1 is 1.24 bits per heavy atom. The maximum Gasteiger partial charge on any atom is 0.416 e. The number of nitrogens with zero attached hydrogens (tertiary/aromatic N) is 1. The quantitative estimate of drug-likeness (QED) is 0.658. The molecule has 2 rings (SSSR count). The predicted molar refractivity (Wildman–Crippen MR) is 76.8 cm³/mol. The van der Waals surface area contributed by atoms with Crippen LogP contribution in [0.5, 0.6) is 0 Å². The highest BCUT2D eigenvalue weighted by atomic mass is 32.1. The fourth-order valence-electron chi connectivity index (χ4n) is 2.01. The van der Waals surface area contributed by atoms with Crippen LogP contribution in [-0.4, -0.2) is 11.0 Å². The van der Waals surface area contributed by atoms with E-state index < -0.39 is 11.7 Å². The van der Waals surface area contributed by atoms with Gasteiger partial charge in [0.15, 0.2) is 0 Å². The molecule has 114 valence electrons. The van der Waals surface area contributed by atoms with Crippen LogP contribution in [0.25, 0.3) is 0 Å². The predicted octanol–water partition coefficient (Wildman–Crippen LogP) is 3.09. The fourth-order valence-corrected chi connectivity index (χ4v) is 2.86. The molecule has 21 heavy (non-hydrogen) atoms. The molecular weight excluding hydrogens is 299 g/mol. The van der Waals surface area contributed by atoms with E-state index in [-0.39, 0.29) is 6.04 Å². The van der Waals surface area contributed by atoms with Crippen molar-refractivity contribution in [1.82, 2.24) is 10.4 Å². The molecule has 0 saturated heterocycles. The second kappa shape index (κ2) is 6.55. The zero-order chi connectivity index (χ0) is 15.5. The highest BCUT2D eigenvalue weighted by molar-refractivity contribution is 7.09. The topological polar surface area (TPSA) is 50.9 Å². The van der Waals surface area contributed by atoms with Gasteiger partial charge in [-0.2, -0.15) is 13.2 Å². The van der Waals surface area contributed by atoms with Crippen LogP contribution in [0.15, 0.2) is 29.6 Å². The number of rotatable bonds is 5. The number of alkyl halides is 3. The van der Waals surface area contributed by atoms with Crippen molar-refractivity contribution in [3.05, 3.63) is 51.5 Å². The monoisotopic (exact) mass is 315 g/mol. The molecule has 7 heteroatoms. The minimum atomic E-state index is -4.30. The van der Waals surface area contributed by atoms with Gasteiger partial charge >= 0.3 is 6.18 Å². The van der Waals surface area contributed by atoms with Gasteiger partial charge < -0.3 is 0 Å². The van der Waals surface area contributed by atoms with Crippen molar-refractivity contribution in [2.24, 2.45) is 5.84 Å². The van der Waals surface area contributed by atoms with Gasteiger partial charge in [0.05, 0.1) is 10.6 Å². The molecule has 0 amide bonds. The third kappa shape index (κ3) is 4.52. The van der Waals surface area contributed by atoms with E-state index in [0.717, 1.165) is 28.4 Å². The standard InChI is InChI=1S/C14H16F3N3S/c1-9-8-21-13(19-9)7-12(20-18)6-10-2-4-11(5-3-10)14(15,16)17/h2-5,8,12,20H,6-7,18H2,1H3. The first kappa shape index (κ1) is 15.9. The number of halogens is 3. The number of hydrazine groups is 1. The van der Waals surface area contributed by atoms with Crippen molar-refractivity contribution < 1.29 is 13.2 Å². The third-order valence-electron chi connectivity index (χ3n) is 3.09. The van der Waals surface area contributed by atoms with Gasteiger partial charge in [-0.3, -0.25) is 11.3 Å². The molecule has 1 aromatic carbocycles. The van der Waals surface area contributed by atoms with Crippen LogP contribution in [0.3, 0.4) is 0 Å². The molecule has 1 heterocycles. The molecule has 1 atom stereocenters. The summed E-state index contributed by atoms with van der Waals surface area (Å²) in [5.74, 6) is 5.52. The average Bonchev–Trinajstić information content (AvgIpc) is 2.83. The van der Waals surface area contributed by atoms with E-state index in [1.165, 1.54) is 12.1 Å². The number of aryl methyl sites for hydroxylation is 1. The lowest BCUT2D eigenvalue weighted by atomic mass is 10.0. The van der Waals surface area contributed by atoms with Crippen molar-refractivity contribution in [3.63, 3.8) is 0 Å². The summed E-state index contributed by atoms with van der Waals surface area (Å²) in [6.07, 6.45) is -3.11. The van der Waals surface area contributed by atoms with E-state index in [4.69, 9.17) is 5.84 Å². The van der Waals surface area contributed by atoms with Crippen LogP contribution >= 0.6 is 11.3 Å². The lowest BCUT2D eigenvalue weighted by Gasteiger charge is -2.15. The maximum absolute atomic E-state index is 12.5. The van der Waals surface area contributed by atoms with Gasteiger partial charge in [0.2, 0.25) is 0 Å². The van der Waals surface area contributed by atoms with Gasteiger partial charge in [-0.25, -0.2) is 4.98 Å². The summed E-state index contributed by atoms with van der Waals surface area (Å²) in [6, 6.07) is 5.10. The Kier molecular flexibility index (Phi) is 4.97. The number of hydrogen-bond donors (Lipinski definition) is 2. The van der Waals surface area contributed by atoms with Crippen LogP contribution in [-0.2, 0) is 19.0 Å². The van der Waals surface area contributed by atoms with Gasteiger partial charge in [-0.15, -0.1) is 11.3 Å². The van der Waals surface area contributed by atoms with Gasteiger partial charge in [0, 0.05) is 23.5 Å². The summed E-state index contributed by atoms with van der Waals surface area (Å²) in [4.78, 5) is 4.36. The Balaban J connectivity index is 2.01. The van der Waals surface area contributed by atoms with Crippen LogP contribution in [0.2, 0.25) is 0 Å². The van der Waals surface area contributed by atoms with E-state index in [1.54, 1.807) is 11.3 Å². The molecular formula is C14H16F3N3S. The number of thiazole rings is 1. The van der Waals surface area contributed by atoms with Gasteiger partial charge in [0.1, 0.15) is 0 Å². The Morgan fingerprint density at radius 2 is 1.90 bits per heavy atom. The fraction of sp³-hybridized carbons (Fsp3) is 0.357. The van der Waals surface area contributed by atoms with E-state index in [1.807, 2.05) is 12.3 Å². The molecule has 0 fully saturated rings. The molecule has 1 unspecified atom stereocenters. The lowest BCUT2D eigenvalue weighted by Crippen LogP contribution is -2.38. The number of nitrogens with two attached hydrogens (primary N) is 1. The summed E-state index contributed by atoms with van der Waals surface area (Å²) in [6.45, 7) is 1.92. The second-order valence-electron chi connectivity index (χ2n) is 4.85. The zero-order valence-electron chi connectivity index (χ0n) is 11.4. The summed E-state index contributed by atoms with van der Waals surface area (Å²) in [5, 5.41) is 2.92. The SMILES string of the molecule is Cc1csc(CC(Cc2ccc(C(F)(F)F)cc2)NN)n1. The normalized spacial score (nSPS) is 13.4. The zero-order valence-corrected chi connectivity index (χ0v) is 12.3. The summed E-state index contributed by atoms with van der Waals surface area (Å²) >= 11 is 1.55. The first-order valence-electron chi connectivity index (χ1n) is 6.41. The molecule has 0 aliphatic carbocycles. The van der Waals surface area contributed by atoms with Gasteiger partial charge in [0.25, 0.3) is 0 Å². The summed E-state index contributed by atoms with van der Waals surface area (Å²) in [7, 11) is 0. The van der Waals surface area contributed by atoms with E-state index in [0.29, 0.717) is 12.8 Å². The van der Waals surface area contributed by atoms with Crippen molar-refractivity contribution >= 4 is 11.3 Å². The molecule has 0 spiro atoms. The number of hydrogen-bond acceptors (Lipinski definition) is 4. The Hall–Kier alpha value is -1.44. The number of aromatic nitrogens is 1. The van der Waals surface area contributed by atoms with Crippen molar-refractivity contribution in [2.45, 2.75) is 32.0 Å². The molecule has 3 nitrogen and oxygen atoms in total. The first-order chi connectivity index (χ1) is 9.88. The minimum absolute atomic E-state index is 0.0627. The largest absolute Gasteiger partial charge is 0.416 e. The molecule has 0 aliphatic heterocycles. The van der Waals surface area contributed by atoms with E-state index >= 15 is 0 Å². The molecule has 0 radical (unpaired) electrons. The van der Waals surface area contributed by atoms with Crippen LogP contribution in [0.4, 0.5) is 13.2 Å². The number of benzene rings is 1. The van der Waals surface area contributed by atoms with Crippen molar-refractivity contribution in [2.75, 3.05) is 0 Å². The molecule has 0 aliphatic rings. The van der Waals surface area contributed by atoms with Crippen LogP contribution < -0.4 is 11.3 Å². The molecule has 3 N–H and O–H groups in total. The molecule has 0 saturated carbocycles. The summed E-state index contributed by atoms with van der Waals surface area (Å²) < 4.78 is 37.5. The summed E-state index contributed by atoms with van der Waals surface area (Å²) in [5.41, 5.74) is 3.82. The van der Waals surface area contributed by atoms with Crippen molar-refractivity contribution in [3.8, 4) is 0 Å². The van der Waals surface area contributed by atoms with Gasteiger partial charge in [-0.05, 0) is 31.0 Å². The first-order valence-corrected chi connectivity index (χ1v) is 7.29. The lowest BCUT2D eigenvalue weighted by molar-refractivity contribution is -0.137. The highest BCUT2D eigenvalue weighted by Gasteiger charge is 2.30. The maximum atomic E-state index is 12.5. The smallest absolute Gasteiger partial charge is 0.271 e. The van der Waals surface area contributed by atoms with E-state index in [9.17, 15) is 13.2 Å². The third-order valence-corrected chi connectivity index (χ3v) is 4.08. The number of nitrogens with one attached hydrogen (secondary N) is 1. The highest BCUT2D eigenvalue weighted by Crippen LogP contribution is 2.29. The minimum Gasteiger partial charge on any atom is -0.271 e. The van der Waals surface area contributed by atoms with E-state index in [2.05, 4.69) is 10.4 Å². The molecule has 2 aromatic rings. The van der Waals surface area contributed by atoms with Crippen LogP contribution in [0, 0.1) is 6.92 Å². The Labute approximate surface area is 125 Å². The average molecular weight is 315 g/mol. The Bertz CT molecular complexity index is 578. The van der Waals surface area contributed by atoms with Crippen LogP contribution in [0.1, 0.15) is 21.8 Å².